The van der Waals surface area contributed by atoms with Gasteiger partial charge >= 0.3 is 0 Å². The highest BCUT2D eigenvalue weighted by atomic mass is 32.1. The first-order valence-corrected chi connectivity index (χ1v) is 10.6. The van der Waals surface area contributed by atoms with Gasteiger partial charge in [0.15, 0.2) is 0 Å². The van der Waals surface area contributed by atoms with E-state index < -0.39 is 0 Å². The Morgan fingerprint density at radius 2 is 1.81 bits per heavy atom. The van der Waals surface area contributed by atoms with Crippen LogP contribution in [0.4, 0.5) is 10.1 Å². The average Bonchev–Trinajstić information content (AvgIpc) is 3.35. The number of para-hydroxylation sites is 1. The van der Waals surface area contributed by atoms with Crippen molar-refractivity contribution in [3.63, 3.8) is 0 Å². The number of carbonyl (C=O) groups excluding carboxylic acids is 2. The Labute approximate surface area is 187 Å². The quantitative estimate of drug-likeness (QED) is 0.405. The number of benzene rings is 2. The molecule has 0 fully saturated rings. The van der Waals surface area contributed by atoms with Crippen LogP contribution < -0.4 is 15.4 Å². The summed E-state index contributed by atoms with van der Waals surface area (Å²) in [4.78, 5) is 29.3. The summed E-state index contributed by atoms with van der Waals surface area (Å²) in [5, 5.41) is 9.18. The predicted molar refractivity (Wildman–Crippen MR) is 121 cm³/mol. The molecule has 2 N–H and O–H groups in total. The van der Waals surface area contributed by atoms with E-state index in [2.05, 4.69) is 15.6 Å². The Bertz CT molecular complexity index is 1230. The van der Waals surface area contributed by atoms with E-state index in [0.29, 0.717) is 28.4 Å². The first kappa shape index (κ1) is 21.2. The summed E-state index contributed by atoms with van der Waals surface area (Å²) in [6.45, 7) is 0.230. The fourth-order valence-electron chi connectivity index (χ4n) is 2.90. The van der Waals surface area contributed by atoms with Gasteiger partial charge in [-0.1, -0.05) is 12.1 Å². The molecule has 0 atom stereocenters. The van der Waals surface area contributed by atoms with E-state index in [1.807, 2.05) is 5.38 Å². The van der Waals surface area contributed by atoms with E-state index in [1.165, 1.54) is 35.6 Å². The van der Waals surface area contributed by atoms with Crippen molar-refractivity contribution < 1.29 is 18.7 Å². The number of carbonyl (C=O) groups is 2. The number of anilines is 1. The standard InChI is InChI=1S/C24H18FN3O3S/c25-18-5-7-19(8-6-18)31-22-13-16(9-11-26-22)14-27-24(30)20-3-1-2-4-21(20)28-23(29)17-10-12-32-15-17/h1-13,15H,14H2,(H,27,30)(H,28,29). The van der Waals surface area contributed by atoms with Gasteiger partial charge in [-0.25, -0.2) is 9.37 Å². The molecule has 4 aromatic rings. The fourth-order valence-corrected chi connectivity index (χ4v) is 3.53. The number of nitrogens with one attached hydrogen (secondary N) is 2. The minimum absolute atomic E-state index is 0.230. The van der Waals surface area contributed by atoms with Crippen LogP contribution >= 0.6 is 11.3 Å². The van der Waals surface area contributed by atoms with Gasteiger partial charge in [-0.3, -0.25) is 9.59 Å². The maximum atomic E-state index is 13.0. The first-order chi connectivity index (χ1) is 15.6. The van der Waals surface area contributed by atoms with Crippen LogP contribution in [0.25, 0.3) is 0 Å². The van der Waals surface area contributed by atoms with Crippen molar-refractivity contribution in [1.29, 1.82) is 0 Å². The summed E-state index contributed by atoms with van der Waals surface area (Å²) >= 11 is 1.42. The molecule has 160 valence electrons. The molecule has 6 nitrogen and oxygen atoms in total. The smallest absolute Gasteiger partial charge is 0.256 e. The number of aromatic nitrogens is 1. The number of halogens is 1. The molecule has 0 aliphatic carbocycles. The highest BCUT2D eigenvalue weighted by Crippen LogP contribution is 2.21. The van der Waals surface area contributed by atoms with Crippen LogP contribution in [0.2, 0.25) is 0 Å². The maximum absolute atomic E-state index is 13.0. The van der Waals surface area contributed by atoms with Crippen molar-refractivity contribution in [3.8, 4) is 11.6 Å². The monoisotopic (exact) mass is 447 g/mol. The summed E-state index contributed by atoms with van der Waals surface area (Å²) < 4.78 is 18.7. The van der Waals surface area contributed by atoms with Crippen LogP contribution in [-0.2, 0) is 6.54 Å². The Morgan fingerprint density at radius 3 is 2.59 bits per heavy atom. The van der Waals surface area contributed by atoms with Gasteiger partial charge in [-0.2, -0.15) is 11.3 Å². The van der Waals surface area contributed by atoms with Gasteiger partial charge in [0.1, 0.15) is 11.6 Å². The molecular weight excluding hydrogens is 429 g/mol. The zero-order chi connectivity index (χ0) is 22.3. The molecule has 2 amide bonds. The minimum Gasteiger partial charge on any atom is -0.439 e. The van der Waals surface area contributed by atoms with Crippen molar-refractivity contribution in [2.24, 2.45) is 0 Å². The minimum atomic E-state index is -0.353. The van der Waals surface area contributed by atoms with Crippen molar-refractivity contribution in [1.82, 2.24) is 10.3 Å². The lowest BCUT2D eigenvalue weighted by Gasteiger charge is -2.12. The average molecular weight is 447 g/mol. The summed E-state index contributed by atoms with van der Waals surface area (Å²) in [7, 11) is 0. The number of thiophene rings is 1. The second-order valence-corrected chi connectivity index (χ2v) is 7.53. The fraction of sp³-hybridized carbons (Fsp3) is 0.0417. The van der Waals surface area contributed by atoms with Gasteiger partial charge in [0.05, 0.1) is 16.8 Å². The molecule has 0 bridgehead atoms. The van der Waals surface area contributed by atoms with E-state index in [4.69, 9.17) is 4.74 Å². The van der Waals surface area contributed by atoms with Crippen molar-refractivity contribution in [2.75, 3.05) is 5.32 Å². The lowest BCUT2D eigenvalue weighted by atomic mass is 10.1. The number of rotatable bonds is 7. The van der Waals surface area contributed by atoms with Gasteiger partial charge in [-0.15, -0.1) is 0 Å². The molecule has 0 radical (unpaired) electrons. The molecular formula is C24H18FN3O3S. The van der Waals surface area contributed by atoms with Crippen LogP contribution in [0.15, 0.2) is 83.7 Å². The lowest BCUT2D eigenvalue weighted by Crippen LogP contribution is -2.24. The third-order valence-electron chi connectivity index (χ3n) is 4.49. The molecule has 0 saturated carbocycles. The van der Waals surface area contributed by atoms with E-state index in [-0.39, 0.29) is 24.2 Å². The SMILES string of the molecule is O=C(Nc1ccccc1C(=O)NCc1ccnc(Oc2ccc(F)cc2)c1)c1ccsc1. The van der Waals surface area contributed by atoms with Gasteiger partial charge in [-0.05, 0) is 59.5 Å². The topological polar surface area (TPSA) is 80.3 Å². The van der Waals surface area contributed by atoms with Crippen LogP contribution in [0.1, 0.15) is 26.3 Å². The number of hydrogen-bond acceptors (Lipinski definition) is 5. The van der Waals surface area contributed by atoms with E-state index in [1.54, 1.807) is 54.0 Å². The molecule has 4 rings (SSSR count). The van der Waals surface area contributed by atoms with Crippen LogP contribution in [-0.4, -0.2) is 16.8 Å². The lowest BCUT2D eigenvalue weighted by molar-refractivity contribution is 0.0951. The number of ether oxygens (including phenoxy) is 1. The molecule has 2 heterocycles. The van der Waals surface area contributed by atoms with Crippen LogP contribution in [0, 0.1) is 5.82 Å². The van der Waals surface area contributed by atoms with E-state index >= 15 is 0 Å². The van der Waals surface area contributed by atoms with Gasteiger partial charge in [0, 0.05) is 24.2 Å². The first-order valence-electron chi connectivity index (χ1n) is 9.67. The molecule has 0 aliphatic heterocycles. The highest BCUT2D eigenvalue weighted by molar-refractivity contribution is 7.08. The molecule has 8 heteroatoms. The number of pyridine rings is 1. The summed E-state index contributed by atoms with van der Waals surface area (Å²) in [5.74, 6) is -0.178. The zero-order valence-corrected chi connectivity index (χ0v) is 17.6. The molecule has 0 saturated heterocycles. The molecule has 2 aromatic carbocycles. The highest BCUT2D eigenvalue weighted by Gasteiger charge is 2.14. The van der Waals surface area contributed by atoms with E-state index in [9.17, 15) is 14.0 Å². The Morgan fingerprint density at radius 1 is 1.00 bits per heavy atom. The molecule has 2 aromatic heterocycles. The normalized spacial score (nSPS) is 10.4. The zero-order valence-electron chi connectivity index (χ0n) is 16.7. The summed E-state index contributed by atoms with van der Waals surface area (Å²) in [6.07, 6.45) is 1.56. The second-order valence-electron chi connectivity index (χ2n) is 6.75. The maximum Gasteiger partial charge on any atom is 0.256 e. The Balaban J connectivity index is 1.41. The molecule has 0 spiro atoms. The third-order valence-corrected chi connectivity index (χ3v) is 5.17. The van der Waals surface area contributed by atoms with E-state index in [0.717, 1.165) is 5.56 Å². The van der Waals surface area contributed by atoms with Crippen molar-refractivity contribution in [2.45, 2.75) is 6.54 Å². The summed E-state index contributed by atoms with van der Waals surface area (Å²) in [6, 6.07) is 17.6. The summed E-state index contributed by atoms with van der Waals surface area (Å²) in [5.41, 5.74) is 2.09. The molecule has 32 heavy (non-hydrogen) atoms. The number of nitrogens with zero attached hydrogens (tertiary/aromatic N) is 1. The third kappa shape index (κ3) is 5.35. The van der Waals surface area contributed by atoms with Gasteiger partial charge in [0.2, 0.25) is 5.88 Å². The Hall–Kier alpha value is -4.04. The number of hydrogen-bond donors (Lipinski definition) is 2. The van der Waals surface area contributed by atoms with Crippen molar-refractivity contribution in [3.05, 3.63) is 106 Å². The van der Waals surface area contributed by atoms with Crippen LogP contribution in [0.5, 0.6) is 11.6 Å². The van der Waals surface area contributed by atoms with Gasteiger partial charge < -0.3 is 15.4 Å². The molecule has 0 aliphatic rings. The number of amides is 2. The largest absolute Gasteiger partial charge is 0.439 e. The second kappa shape index (κ2) is 9.84. The van der Waals surface area contributed by atoms with Crippen molar-refractivity contribution >= 4 is 28.8 Å². The predicted octanol–water partition coefficient (Wildman–Crippen LogP) is 5.26. The van der Waals surface area contributed by atoms with Crippen LogP contribution in [0.3, 0.4) is 0 Å². The Kier molecular flexibility index (Phi) is 6.52. The molecule has 0 unspecified atom stereocenters. The van der Waals surface area contributed by atoms with Gasteiger partial charge in [0.25, 0.3) is 11.8 Å².